The maximum atomic E-state index is 12.4. The average molecular weight is 354 g/mol. The fraction of sp³-hybridized carbons (Fsp3) is 0.250. The van der Waals surface area contributed by atoms with E-state index in [-0.39, 0.29) is 11.8 Å². The Morgan fingerprint density at radius 2 is 1.54 bits per heavy atom. The first-order valence-corrected chi connectivity index (χ1v) is 8.39. The molecule has 0 fully saturated rings. The summed E-state index contributed by atoms with van der Waals surface area (Å²) in [6.45, 7) is 5.11. The number of carbonyl (C=O) groups excluding carboxylic acids is 3. The molecule has 0 saturated carbocycles. The highest BCUT2D eigenvalue weighted by Gasteiger charge is 2.14. The van der Waals surface area contributed by atoms with E-state index in [2.05, 4.69) is 10.1 Å². The normalized spacial score (nSPS) is 10.1. The lowest BCUT2D eigenvalue weighted by Gasteiger charge is -2.18. The van der Waals surface area contributed by atoms with E-state index in [1.807, 2.05) is 13.8 Å². The highest BCUT2D eigenvalue weighted by molar-refractivity contribution is 6.05. The Balaban J connectivity index is 2.11. The minimum atomic E-state index is -0.472. The molecule has 0 spiro atoms. The first kappa shape index (κ1) is 19.2. The molecule has 0 aromatic heterocycles. The molecule has 0 saturated heterocycles. The van der Waals surface area contributed by atoms with Gasteiger partial charge in [-0.3, -0.25) is 9.59 Å². The van der Waals surface area contributed by atoms with E-state index >= 15 is 0 Å². The van der Waals surface area contributed by atoms with Crippen LogP contribution in [0, 0.1) is 0 Å². The Morgan fingerprint density at radius 3 is 2.12 bits per heavy atom. The largest absolute Gasteiger partial charge is 0.465 e. The van der Waals surface area contributed by atoms with Crippen LogP contribution >= 0.6 is 0 Å². The zero-order valence-corrected chi connectivity index (χ0v) is 15.1. The first-order chi connectivity index (χ1) is 12.5. The Labute approximate surface area is 152 Å². The van der Waals surface area contributed by atoms with Crippen molar-refractivity contribution in [3.05, 3.63) is 65.2 Å². The van der Waals surface area contributed by atoms with Crippen LogP contribution in [0.25, 0.3) is 0 Å². The van der Waals surface area contributed by atoms with Crippen molar-refractivity contribution in [3.63, 3.8) is 0 Å². The van der Waals surface area contributed by atoms with Crippen molar-refractivity contribution in [2.75, 3.05) is 25.5 Å². The van der Waals surface area contributed by atoms with Crippen molar-refractivity contribution in [2.45, 2.75) is 13.8 Å². The summed E-state index contributed by atoms with van der Waals surface area (Å²) in [6, 6.07) is 13.0. The van der Waals surface area contributed by atoms with E-state index in [1.54, 1.807) is 53.4 Å². The molecule has 2 rings (SSSR count). The van der Waals surface area contributed by atoms with Gasteiger partial charge in [-0.05, 0) is 56.3 Å². The molecule has 136 valence electrons. The summed E-state index contributed by atoms with van der Waals surface area (Å²) < 4.78 is 4.67. The standard InChI is InChI=1S/C20H22N2O4/c1-4-22(5-2)19(24)15-11-9-14(10-12-15)18(23)21-17-8-6-7-16(13-17)20(25)26-3/h6-13H,4-5H2,1-3H3,(H,21,23). The lowest BCUT2D eigenvalue weighted by atomic mass is 10.1. The van der Waals surface area contributed by atoms with Gasteiger partial charge in [0.05, 0.1) is 12.7 Å². The van der Waals surface area contributed by atoms with Crippen molar-refractivity contribution in [1.29, 1.82) is 0 Å². The maximum Gasteiger partial charge on any atom is 0.337 e. The summed E-state index contributed by atoms with van der Waals surface area (Å²) in [4.78, 5) is 37.9. The number of hydrogen-bond donors (Lipinski definition) is 1. The number of benzene rings is 2. The lowest BCUT2D eigenvalue weighted by molar-refractivity contribution is 0.0600. The minimum Gasteiger partial charge on any atom is -0.465 e. The molecule has 0 bridgehead atoms. The quantitative estimate of drug-likeness (QED) is 0.808. The van der Waals surface area contributed by atoms with Gasteiger partial charge in [-0.1, -0.05) is 6.07 Å². The average Bonchev–Trinajstić information content (AvgIpc) is 2.68. The lowest BCUT2D eigenvalue weighted by Crippen LogP contribution is -2.30. The number of rotatable bonds is 6. The number of ether oxygens (including phenoxy) is 1. The van der Waals surface area contributed by atoms with Gasteiger partial charge < -0.3 is 15.0 Å². The molecule has 0 aliphatic heterocycles. The van der Waals surface area contributed by atoms with E-state index < -0.39 is 5.97 Å². The molecular formula is C20H22N2O4. The van der Waals surface area contributed by atoms with Gasteiger partial charge in [0.2, 0.25) is 0 Å². The molecule has 0 atom stereocenters. The number of amides is 2. The number of methoxy groups -OCH3 is 1. The number of nitrogens with zero attached hydrogens (tertiary/aromatic N) is 1. The van der Waals surface area contributed by atoms with Crippen LogP contribution in [0.4, 0.5) is 5.69 Å². The summed E-state index contributed by atoms with van der Waals surface area (Å²) in [7, 11) is 1.30. The summed E-state index contributed by atoms with van der Waals surface area (Å²) in [5.41, 5.74) is 1.80. The smallest absolute Gasteiger partial charge is 0.337 e. The predicted molar refractivity (Wildman–Crippen MR) is 99.4 cm³/mol. The molecule has 0 heterocycles. The van der Waals surface area contributed by atoms with Crippen molar-refractivity contribution >= 4 is 23.5 Å². The number of carbonyl (C=O) groups is 3. The van der Waals surface area contributed by atoms with Gasteiger partial charge in [0, 0.05) is 29.9 Å². The molecule has 2 aromatic carbocycles. The van der Waals surface area contributed by atoms with E-state index in [0.717, 1.165) is 0 Å². The predicted octanol–water partition coefficient (Wildman–Crippen LogP) is 3.21. The molecule has 0 unspecified atom stereocenters. The van der Waals surface area contributed by atoms with E-state index in [0.29, 0.717) is 35.5 Å². The van der Waals surface area contributed by atoms with Crippen LogP contribution < -0.4 is 5.32 Å². The highest BCUT2D eigenvalue weighted by Crippen LogP contribution is 2.14. The number of anilines is 1. The van der Waals surface area contributed by atoms with Crippen LogP contribution in [0.15, 0.2) is 48.5 Å². The van der Waals surface area contributed by atoms with Gasteiger partial charge in [0.1, 0.15) is 0 Å². The molecular weight excluding hydrogens is 332 g/mol. The number of esters is 1. The molecule has 6 nitrogen and oxygen atoms in total. The fourth-order valence-electron chi connectivity index (χ4n) is 2.50. The third-order valence-corrected chi connectivity index (χ3v) is 3.99. The third kappa shape index (κ3) is 4.47. The highest BCUT2D eigenvalue weighted by atomic mass is 16.5. The van der Waals surface area contributed by atoms with Crippen LogP contribution in [0.2, 0.25) is 0 Å². The van der Waals surface area contributed by atoms with E-state index in [4.69, 9.17) is 0 Å². The van der Waals surface area contributed by atoms with Gasteiger partial charge in [0.15, 0.2) is 0 Å². The molecule has 26 heavy (non-hydrogen) atoms. The van der Waals surface area contributed by atoms with E-state index in [1.165, 1.54) is 7.11 Å². The van der Waals surface area contributed by atoms with Crippen LogP contribution in [0.5, 0.6) is 0 Å². The summed E-state index contributed by atoms with van der Waals surface area (Å²) >= 11 is 0. The Bertz CT molecular complexity index is 796. The van der Waals surface area contributed by atoms with Crippen molar-refractivity contribution in [2.24, 2.45) is 0 Å². The SMILES string of the molecule is CCN(CC)C(=O)c1ccc(C(=O)Nc2cccc(C(=O)OC)c2)cc1. The van der Waals surface area contributed by atoms with Gasteiger partial charge in [0.25, 0.3) is 11.8 Å². The fourth-order valence-corrected chi connectivity index (χ4v) is 2.50. The summed E-state index contributed by atoms with van der Waals surface area (Å²) in [5.74, 6) is -0.859. The second-order valence-corrected chi connectivity index (χ2v) is 5.58. The van der Waals surface area contributed by atoms with Gasteiger partial charge in [-0.25, -0.2) is 4.79 Å². The monoisotopic (exact) mass is 354 g/mol. The van der Waals surface area contributed by atoms with Crippen molar-refractivity contribution < 1.29 is 19.1 Å². The zero-order valence-electron chi connectivity index (χ0n) is 15.1. The van der Waals surface area contributed by atoms with E-state index in [9.17, 15) is 14.4 Å². The first-order valence-electron chi connectivity index (χ1n) is 8.39. The molecule has 2 amide bonds. The van der Waals surface area contributed by atoms with Crippen LogP contribution in [0.1, 0.15) is 44.9 Å². The van der Waals surface area contributed by atoms with Gasteiger partial charge >= 0.3 is 5.97 Å². The second-order valence-electron chi connectivity index (χ2n) is 5.58. The van der Waals surface area contributed by atoms with Crippen LogP contribution in [0.3, 0.4) is 0 Å². The maximum absolute atomic E-state index is 12.4. The van der Waals surface area contributed by atoms with Crippen LogP contribution in [-0.2, 0) is 4.74 Å². The summed E-state index contributed by atoms with van der Waals surface area (Å²) in [5, 5.41) is 2.73. The van der Waals surface area contributed by atoms with Crippen LogP contribution in [-0.4, -0.2) is 42.9 Å². The molecule has 0 aliphatic rings. The Hall–Kier alpha value is -3.15. The number of nitrogens with one attached hydrogen (secondary N) is 1. The molecule has 6 heteroatoms. The Kier molecular flexibility index (Phi) is 6.49. The summed E-state index contributed by atoms with van der Waals surface area (Å²) in [6.07, 6.45) is 0. The molecule has 2 aromatic rings. The third-order valence-electron chi connectivity index (χ3n) is 3.99. The zero-order chi connectivity index (χ0) is 19.1. The minimum absolute atomic E-state index is 0.0623. The van der Waals surface area contributed by atoms with Crippen molar-refractivity contribution in [3.8, 4) is 0 Å². The van der Waals surface area contributed by atoms with Crippen molar-refractivity contribution in [1.82, 2.24) is 4.90 Å². The topological polar surface area (TPSA) is 75.7 Å². The number of hydrogen-bond acceptors (Lipinski definition) is 4. The molecule has 0 aliphatic carbocycles. The molecule has 0 radical (unpaired) electrons. The molecule has 1 N–H and O–H groups in total. The second kappa shape index (κ2) is 8.80. The van der Waals surface area contributed by atoms with Gasteiger partial charge in [-0.2, -0.15) is 0 Å². The van der Waals surface area contributed by atoms with Gasteiger partial charge in [-0.15, -0.1) is 0 Å². The Morgan fingerprint density at radius 1 is 0.923 bits per heavy atom.